The molecule has 1 unspecified atom stereocenters. The molecule has 0 spiro atoms. The molecular weight excluding hydrogens is 476 g/mol. The third kappa shape index (κ3) is 5.00. The fourth-order valence-electron chi connectivity index (χ4n) is 6.44. The summed E-state index contributed by atoms with van der Waals surface area (Å²) >= 11 is 0. The smallest absolute Gasteiger partial charge is 0.250 e. The summed E-state index contributed by atoms with van der Waals surface area (Å²) in [5.41, 5.74) is 3.38. The fraction of sp³-hybridized carbons (Fsp3) is 0.375. The molecule has 3 aromatic carbocycles. The van der Waals surface area contributed by atoms with Gasteiger partial charge in [0.2, 0.25) is 11.8 Å². The van der Waals surface area contributed by atoms with E-state index in [4.69, 9.17) is 9.47 Å². The maximum absolute atomic E-state index is 14.4. The Labute approximate surface area is 225 Å². The lowest BCUT2D eigenvalue weighted by molar-refractivity contribution is -0.149. The van der Waals surface area contributed by atoms with E-state index in [9.17, 15) is 9.59 Å². The van der Waals surface area contributed by atoms with Gasteiger partial charge in [0.05, 0.1) is 19.9 Å². The van der Waals surface area contributed by atoms with Crippen LogP contribution in [0, 0.1) is 11.8 Å². The minimum absolute atomic E-state index is 0.0969. The second-order valence-corrected chi connectivity index (χ2v) is 10.6. The summed E-state index contributed by atoms with van der Waals surface area (Å²) < 4.78 is 10.9. The number of anilines is 1. The molecule has 0 heterocycles. The van der Waals surface area contributed by atoms with Crippen LogP contribution in [-0.4, -0.2) is 36.5 Å². The number of nitrogens with zero attached hydrogens (tertiary/aromatic N) is 1. The van der Waals surface area contributed by atoms with E-state index in [-0.39, 0.29) is 11.8 Å². The number of nitrogens with one attached hydrogen (secondary N) is 1. The van der Waals surface area contributed by atoms with E-state index in [1.165, 1.54) is 11.1 Å². The first-order chi connectivity index (χ1) is 18.4. The number of hydrogen-bond donors (Lipinski definition) is 1. The molecule has 2 amide bonds. The summed E-state index contributed by atoms with van der Waals surface area (Å²) in [5.74, 6) is 1.73. The predicted molar refractivity (Wildman–Crippen MR) is 148 cm³/mol. The Morgan fingerprint density at radius 1 is 0.921 bits per heavy atom. The van der Waals surface area contributed by atoms with Crippen molar-refractivity contribution in [2.75, 3.05) is 19.5 Å². The van der Waals surface area contributed by atoms with Crippen molar-refractivity contribution in [1.82, 2.24) is 4.90 Å². The van der Waals surface area contributed by atoms with Crippen LogP contribution < -0.4 is 14.8 Å². The lowest BCUT2D eigenvalue weighted by atomic mass is 9.62. The number of methoxy groups -OCH3 is 2. The Morgan fingerprint density at radius 3 is 2.26 bits per heavy atom. The van der Waals surface area contributed by atoms with Crippen molar-refractivity contribution in [3.8, 4) is 11.5 Å². The highest BCUT2D eigenvalue weighted by atomic mass is 16.5. The monoisotopic (exact) mass is 512 g/mol. The number of carbonyl (C=O) groups excluding carboxylic acids is 2. The largest absolute Gasteiger partial charge is 0.497 e. The summed E-state index contributed by atoms with van der Waals surface area (Å²) in [7, 11) is 3.17. The first kappa shape index (κ1) is 25.8. The molecule has 0 aromatic heterocycles. The first-order valence-corrected chi connectivity index (χ1v) is 13.4. The quantitative estimate of drug-likeness (QED) is 0.445. The van der Waals surface area contributed by atoms with Gasteiger partial charge >= 0.3 is 0 Å². The van der Waals surface area contributed by atoms with Crippen LogP contribution in [0.4, 0.5) is 5.69 Å². The summed E-state index contributed by atoms with van der Waals surface area (Å²) in [4.78, 5) is 29.5. The van der Waals surface area contributed by atoms with Crippen LogP contribution in [0.1, 0.15) is 42.9 Å². The van der Waals surface area contributed by atoms with Gasteiger partial charge in [-0.2, -0.15) is 0 Å². The molecule has 0 saturated heterocycles. The third-order valence-corrected chi connectivity index (χ3v) is 8.44. The highest BCUT2D eigenvalue weighted by Gasteiger charge is 2.51. The maximum atomic E-state index is 14.4. The average Bonchev–Trinajstić information content (AvgIpc) is 2.95. The Hall–Kier alpha value is -3.80. The molecule has 38 heavy (non-hydrogen) atoms. The molecule has 6 heteroatoms. The fourth-order valence-corrected chi connectivity index (χ4v) is 6.44. The number of carbonyl (C=O) groups is 2. The van der Waals surface area contributed by atoms with E-state index in [1.807, 2.05) is 35.2 Å². The van der Waals surface area contributed by atoms with Crippen molar-refractivity contribution in [2.24, 2.45) is 11.8 Å². The molecule has 0 aliphatic heterocycles. The van der Waals surface area contributed by atoms with Gasteiger partial charge in [0.15, 0.2) is 0 Å². The summed E-state index contributed by atoms with van der Waals surface area (Å²) in [6.45, 7) is 1.96. The standard InChI is InChI=1S/C32H36N2O4/c1-22(35)34(21-23-9-5-4-6-10-23)32(31(36)33-29-14-13-28(37-2)19-30(29)38-3)16-15-26-17-24-11-7-8-12-25(24)18-27(26)20-32/h4-14,19,26-27H,15-18,20-21H2,1-3H3,(H,33,36)/t26-,27+,32?/m1/s1. The Balaban J connectivity index is 1.52. The molecule has 1 saturated carbocycles. The minimum Gasteiger partial charge on any atom is -0.497 e. The lowest BCUT2D eigenvalue weighted by Crippen LogP contribution is -2.61. The van der Waals surface area contributed by atoms with Crippen LogP contribution in [0.3, 0.4) is 0 Å². The van der Waals surface area contributed by atoms with Gasteiger partial charge in [0.25, 0.3) is 0 Å². The van der Waals surface area contributed by atoms with Crippen molar-refractivity contribution >= 4 is 17.5 Å². The van der Waals surface area contributed by atoms with E-state index in [0.29, 0.717) is 48.4 Å². The van der Waals surface area contributed by atoms with Gasteiger partial charge in [0, 0.05) is 19.5 Å². The van der Waals surface area contributed by atoms with Gasteiger partial charge < -0.3 is 19.7 Å². The molecule has 3 aromatic rings. The van der Waals surface area contributed by atoms with E-state index < -0.39 is 5.54 Å². The molecule has 0 radical (unpaired) electrons. The molecule has 1 fully saturated rings. The Bertz CT molecular complexity index is 1310. The second-order valence-electron chi connectivity index (χ2n) is 10.6. The number of amides is 2. The zero-order chi connectivity index (χ0) is 26.7. The molecule has 3 atom stereocenters. The molecule has 5 rings (SSSR count). The van der Waals surface area contributed by atoms with Gasteiger partial charge in [-0.25, -0.2) is 0 Å². The van der Waals surface area contributed by atoms with E-state index in [0.717, 1.165) is 24.8 Å². The van der Waals surface area contributed by atoms with Gasteiger partial charge in [-0.3, -0.25) is 9.59 Å². The number of benzene rings is 3. The first-order valence-electron chi connectivity index (χ1n) is 13.4. The van der Waals surface area contributed by atoms with Crippen molar-refractivity contribution in [3.05, 3.63) is 89.5 Å². The van der Waals surface area contributed by atoms with E-state index in [1.54, 1.807) is 39.3 Å². The highest BCUT2D eigenvalue weighted by molar-refractivity contribution is 6.01. The van der Waals surface area contributed by atoms with E-state index in [2.05, 4.69) is 29.6 Å². The van der Waals surface area contributed by atoms with Crippen molar-refractivity contribution in [2.45, 2.75) is 51.1 Å². The Morgan fingerprint density at radius 2 is 1.61 bits per heavy atom. The molecule has 1 N–H and O–H groups in total. The minimum atomic E-state index is -0.972. The number of rotatable bonds is 7. The maximum Gasteiger partial charge on any atom is 0.250 e. The molecule has 2 aliphatic rings. The molecular formula is C32H36N2O4. The van der Waals surface area contributed by atoms with Crippen molar-refractivity contribution in [1.29, 1.82) is 0 Å². The van der Waals surface area contributed by atoms with Crippen LogP contribution in [-0.2, 0) is 29.0 Å². The Kier molecular flexibility index (Phi) is 7.41. The van der Waals surface area contributed by atoms with Gasteiger partial charge in [0.1, 0.15) is 17.0 Å². The van der Waals surface area contributed by atoms with Crippen LogP contribution in [0.15, 0.2) is 72.8 Å². The normalized spacial score (nSPS) is 22.0. The number of fused-ring (bicyclic) bond motifs is 2. The van der Waals surface area contributed by atoms with Crippen LogP contribution in [0.5, 0.6) is 11.5 Å². The van der Waals surface area contributed by atoms with Gasteiger partial charge in [-0.1, -0.05) is 54.6 Å². The zero-order valence-corrected chi connectivity index (χ0v) is 22.4. The average molecular weight is 513 g/mol. The topological polar surface area (TPSA) is 67.9 Å². The van der Waals surface area contributed by atoms with Crippen molar-refractivity contribution < 1.29 is 19.1 Å². The van der Waals surface area contributed by atoms with Gasteiger partial charge in [-0.05, 0) is 72.8 Å². The highest BCUT2D eigenvalue weighted by Crippen LogP contribution is 2.47. The lowest BCUT2D eigenvalue weighted by Gasteiger charge is -2.50. The third-order valence-electron chi connectivity index (χ3n) is 8.44. The number of hydrogen-bond acceptors (Lipinski definition) is 4. The zero-order valence-electron chi connectivity index (χ0n) is 22.4. The summed E-state index contributed by atoms with van der Waals surface area (Å²) in [6.07, 6.45) is 4.10. The van der Waals surface area contributed by atoms with Crippen LogP contribution >= 0.6 is 0 Å². The summed E-state index contributed by atoms with van der Waals surface area (Å²) in [5, 5.41) is 3.15. The van der Waals surface area contributed by atoms with Gasteiger partial charge in [-0.15, -0.1) is 0 Å². The number of ether oxygens (including phenoxy) is 2. The molecule has 198 valence electrons. The van der Waals surface area contributed by atoms with Crippen LogP contribution in [0.2, 0.25) is 0 Å². The SMILES string of the molecule is COc1ccc(NC(=O)C2(N(Cc3ccccc3)C(C)=O)CC[C@@H]3Cc4ccccc4C[C@H]3C2)c(OC)c1. The molecule has 0 bridgehead atoms. The predicted octanol–water partition coefficient (Wildman–Crippen LogP) is 5.64. The summed E-state index contributed by atoms with van der Waals surface area (Å²) in [6, 6.07) is 23.9. The molecule has 2 aliphatic carbocycles. The van der Waals surface area contributed by atoms with E-state index >= 15 is 0 Å². The second kappa shape index (κ2) is 10.9. The van der Waals surface area contributed by atoms with Crippen LogP contribution in [0.25, 0.3) is 0 Å². The van der Waals surface area contributed by atoms with Crippen molar-refractivity contribution in [3.63, 3.8) is 0 Å². The molecule has 6 nitrogen and oxygen atoms in total.